The average Bonchev–Trinajstić information content (AvgIpc) is 3.18. The number of para-hydroxylation sites is 2. The van der Waals surface area contributed by atoms with Crippen LogP contribution < -0.4 is 5.56 Å². The average molecular weight is 394 g/mol. The Morgan fingerprint density at radius 1 is 1.07 bits per heavy atom. The molecular formula is C20H18N4O3S. The van der Waals surface area contributed by atoms with E-state index in [-0.39, 0.29) is 11.7 Å². The van der Waals surface area contributed by atoms with Crippen LogP contribution in [-0.2, 0) is 9.47 Å². The van der Waals surface area contributed by atoms with E-state index in [4.69, 9.17) is 9.47 Å². The van der Waals surface area contributed by atoms with Gasteiger partial charge in [-0.2, -0.15) is 0 Å². The Labute approximate surface area is 164 Å². The number of ether oxygens (including phenoxy) is 2. The summed E-state index contributed by atoms with van der Waals surface area (Å²) in [4.78, 5) is 13.2. The van der Waals surface area contributed by atoms with Crippen molar-refractivity contribution in [2.24, 2.45) is 0 Å². The molecule has 0 saturated carbocycles. The molecule has 142 valence electrons. The minimum atomic E-state index is -0.106. The molecule has 4 aromatic rings. The second kappa shape index (κ2) is 7.38. The van der Waals surface area contributed by atoms with E-state index in [1.807, 2.05) is 59.0 Å². The highest BCUT2D eigenvalue weighted by atomic mass is 32.2. The fourth-order valence-corrected chi connectivity index (χ4v) is 4.39. The maximum atomic E-state index is 13.2. The minimum Gasteiger partial charge on any atom is -0.355 e. The lowest BCUT2D eigenvalue weighted by Crippen LogP contribution is -2.25. The van der Waals surface area contributed by atoms with Crippen molar-refractivity contribution in [3.05, 3.63) is 65.0 Å². The highest BCUT2D eigenvalue weighted by Gasteiger charge is 2.20. The van der Waals surface area contributed by atoms with Gasteiger partial charge in [-0.05, 0) is 30.7 Å². The first-order valence-electron chi connectivity index (χ1n) is 9.09. The van der Waals surface area contributed by atoms with Crippen LogP contribution in [0.3, 0.4) is 0 Å². The topological polar surface area (TPSA) is 70.7 Å². The highest BCUT2D eigenvalue weighted by molar-refractivity contribution is 7.99. The van der Waals surface area contributed by atoms with Crippen LogP contribution >= 0.6 is 11.8 Å². The molecule has 0 spiro atoms. The molecule has 1 atom stereocenters. The summed E-state index contributed by atoms with van der Waals surface area (Å²) >= 11 is 1.58. The largest absolute Gasteiger partial charge is 0.355 e. The first-order chi connectivity index (χ1) is 13.8. The van der Waals surface area contributed by atoms with Crippen molar-refractivity contribution in [1.29, 1.82) is 0 Å². The summed E-state index contributed by atoms with van der Waals surface area (Å²) in [7, 11) is 0. The third-order valence-corrected chi connectivity index (χ3v) is 5.84. The third kappa shape index (κ3) is 2.99. The van der Waals surface area contributed by atoms with Gasteiger partial charge in [0.1, 0.15) is 6.79 Å². The predicted molar refractivity (Wildman–Crippen MR) is 107 cm³/mol. The maximum absolute atomic E-state index is 13.2. The SMILES string of the molecule is O=c1c2ccccc2n2c(SC[C@@H]3CCOCO3)nnc2n1-c1ccccc1. The van der Waals surface area contributed by atoms with Crippen LogP contribution in [-0.4, -0.2) is 44.4 Å². The molecule has 7 nitrogen and oxygen atoms in total. The molecule has 0 bridgehead atoms. The number of hydrogen-bond donors (Lipinski definition) is 0. The first-order valence-corrected chi connectivity index (χ1v) is 10.1. The van der Waals surface area contributed by atoms with Crippen molar-refractivity contribution >= 4 is 28.4 Å². The van der Waals surface area contributed by atoms with Gasteiger partial charge in [-0.1, -0.05) is 42.1 Å². The minimum absolute atomic E-state index is 0.106. The molecule has 0 N–H and O–H groups in total. The second-order valence-corrected chi connectivity index (χ2v) is 7.51. The molecule has 1 fully saturated rings. The lowest BCUT2D eigenvalue weighted by molar-refractivity contribution is -0.130. The highest BCUT2D eigenvalue weighted by Crippen LogP contribution is 2.25. The number of rotatable bonds is 4. The van der Waals surface area contributed by atoms with Gasteiger partial charge in [0.15, 0.2) is 5.16 Å². The van der Waals surface area contributed by atoms with Gasteiger partial charge in [-0.3, -0.25) is 9.20 Å². The monoisotopic (exact) mass is 394 g/mol. The molecule has 2 aromatic carbocycles. The number of hydrogen-bond acceptors (Lipinski definition) is 6. The Hall–Kier alpha value is -2.68. The van der Waals surface area contributed by atoms with Gasteiger partial charge in [0.2, 0.25) is 5.78 Å². The normalized spacial score (nSPS) is 17.4. The van der Waals surface area contributed by atoms with Gasteiger partial charge in [0, 0.05) is 5.75 Å². The first kappa shape index (κ1) is 17.4. The molecule has 1 saturated heterocycles. The summed E-state index contributed by atoms with van der Waals surface area (Å²) in [5, 5.41) is 10.1. The third-order valence-electron chi connectivity index (χ3n) is 4.78. The van der Waals surface area contributed by atoms with E-state index in [9.17, 15) is 4.79 Å². The summed E-state index contributed by atoms with van der Waals surface area (Å²) in [5.41, 5.74) is 1.46. The van der Waals surface area contributed by atoms with Crippen molar-refractivity contribution in [3.8, 4) is 5.69 Å². The van der Waals surface area contributed by atoms with Crippen molar-refractivity contribution < 1.29 is 9.47 Å². The number of fused-ring (bicyclic) bond motifs is 3. The Balaban J connectivity index is 1.67. The molecule has 0 aliphatic carbocycles. The smallest absolute Gasteiger partial charge is 0.267 e. The molecular weight excluding hydrogens is 376 g/mol. The van der Waals surface area contributed by atoms with E-state index < -0.39 is 0 Å². The van der Waals surface area contributed by atoms with E-state index in [2.05, 4.69) is 10.2 Å². The van der Waals surface area contributed by atoms with Gasteiger partial charge in [0.25, 0.3) is 5.56 Å². The van der Waals surface area contributed by atoms with Crippen LogP contribution in [0.1, 0.15) is 6.42 Å². The molecule has 2 aromatic heterocycles. The van der Waals surface area contributed by atoms with E-state index in [0.717, 1.165) is 28.5 Å². The second-order valence-electron chi connectivity index (χ2n) is 6.53. The van der Waals surface area contributed by atoms with Gasteiger partial charge in [-0.25, -0.2) is 4.57 Å². The van der Waals surface area contributed by atoms with Crippen LogP contribution in [0.25, 0.3) is 22.4 Å². The molecule has 8 heteroatoms. The molecule has 1 aliphatic heterocycles. The summed E-state index contributed by atoms with van der Waals surface area (Å²) in [6, 6.07) is 17.1. The Morgan fingerprint density at radius 2 is 1.89 bits per heavy atom. The molecule has 1 aliphatic rings. The van der Waals surface area contributed by atoms with E-state index >= 15 is 0 Å². The Kier molecular flexibility index (Phi) is 4.59. The van der Waals surface area contributed by atoms with Crippen molar-refractivity contribution in [1.82, 2.24) is 19.2 Å². The molecule has 3 heterocycles. The molecule has 0 unspecified atom stereocenters. The lowest BCUT2D eigenvalue weighted by Gasteiger charge is -2.21. The summed E-state index contributed by atoms with van der Waals surface area (Å²) in [6.45, 7) is 1.05. The zero-order valence-electron chi connectivity index (χ0n) is 15.0. The number of benzene rings is 2. The fraction of sp³-hybridized carbons (Fsp3) is 0.250. The van der Waals surface area contributed by atoms with Crippen LogP contribution in [0.4, 0.5) is 0 Å². The Morgan fingerprint density at radius 3 is 2.71 bits per heavy atom. The van der Waals surface area contributed by atoms with Gasteiger partial charge in [-0.15, -0.1) is 10.2 Å². The van der Waals surface area contributed by atoms with Crippen LogP contribution in [0.2, 0.25) is 0 Å². The van der Waals surface area contributed by atoms with Crippen LogP contribution in [0, 0.1) is 0 Å². The summed E-state index contributed by atoms with van der Waals surface area (Å²) in [5.74, 6) is 1.26. The van der Waals surface area contributed by atoms with Crippen LogP contribution in [0.15, 0.2) is 64.5 Å². The standard InChI is InChI=1S/C20H18N4O3S/c25-18-16-8-4-5-9-17(16)24-19(23(18)14-6-2-1-3-7-14)21-22-20(24)28-12-15-10-11-26-13-27-15/h1-9,15H,10-13H2/t15-/m0/s1. The lowest BCUT2D eigenvalue weighted by atomic mass is 10.2. The molecule has 0 radical (unpaired) electrons. The molecule has 28 heavy (non-hydrogen) atoms. The zero-order chi connectivity index (χ0) is 18.9. The Bertz CT molecular complexity index is 1180. The summed E-state index contributed by atoms with van der Waals surface area (Å²) in [6.07, 6.45) is 0.983. The number of aromatic nitrogens is 4. The van der Waals surface area contributed by atoms with E-state index in [1.54, 1.807) is 16.3 Å². The van der Waals surface area contributed by atoms with Gasteiger partial charge >= 0.3 is 0 Å². The fourth-order valence-electron chi connectivity index (χ4n) is 3.38. The molecule has 0 amide bonds. The zero-order valence-corrected chi connectivity index (χ0v) is 15.8. The predicted octanol–water partition coefficient (Wildman–Crippen LogP) is 2.89. The van der Waals surface area contributed by atoms with Crippen molar-refractivity contribution in [2.75, 3.05) is 19.2 Å². The summed E-state index contributed by atoms with van der Waals surface area (Å²) < 4.78 is 14.4. The van der Waals surface area contributed by atoms with Crippen molar-refractivity contribution in [3.63, 3.8) is 0 Å². The van der Waals surface area contributed by atoms with Crippen molar-refractivity contribution in [2.45, 2.75) is 17.7 Å². The van der Waals surface area contributed by atoms with Gasteiger partial charge < -0.3 is 9.47 Å². The van der Waals surface area contributed by atoms with Crippen LogP contribution in [0.5, 0.6) is 0 Å². The van der Waals surface area contributed by atoms with E-state index in [1.165, 1.54) is 0 Å². The van der Waals surface area contributed by atoms with Gasteiger partial charge in [0.05, 0.1) is 29.3 Å². The maximum Gasteiger partial charge on any atom is 0.267 e. The molecule has 5 rings (SSSR count). The van der Waals surface area contributed by atoms with E-state index in [0.29, 0.717) is 24.6 Å². The quantitative estimate of drug-likeness (QED) is 0.496. The number of thioether (sulfide) groups is 1. The number of nitrogens with zero attached hydrogens (tertiary/aromatic N) is 4.